The van der Waals surface area contributed by atoms with Crippen molar-refractivity contribution in [3.05, 3.63) is 0 Å². The maximum Gasteiger partial charge on any atom is 0.410 e. The Balaban J connectivity index is 2.07. The van der Waals surface area contributed by atoms with Crippen molar-refractivity contribution in [1.29, 1.82) is 0 Å². The number of amides is 1. The average Bonchev–Trinajstić information content (AvgIpc) is 2.12. The maximum atomic E-state index is 12.2. The first-order valence-electron chi connectivity index (χ1n) is 6.57. The van der Waals surface area contributed by atoms with Crippen LogP contribution < -0.4 is 0 Å². The number of likely N-dealkylation sites (tertiary alicyclic amines) is 1. The summed E-state index contributed by atoms with van der Waals surface area (Å²) in [5.74, 6) is 0. The zero-order valence-corrected chi connectivity index (χ0v) is 11.4. The smallest absolute Gasteiger partial charge is 0.410 e. The number of piperazine rings is 1. The largest absolute Gasteiger partial charge is 0.444 e. The Morgan fingerprint density at radius 1 is 1.18 bits per heavy atom. The number of hydrogen-bond donors (Lipinski definition) is 0. The molecule has 2 unspecified atom stereocenters. The molecule has 0 saturated carbocycles. The van der Waals surface area contributed by atoms with Crippen LogP contribution in [0.25, 0.3) is 0 Å². The van der Waals surface area contributed by atoms with Gasteiger partial charge in [-0.05, 0) is 47.1 Å². The van der Waals surface area contributed by atoms with E-state index in [1.807, 2.05) is 25.7 Å². The van der Waals surface area contributed by atoms with Crippen LogP contribution in [0.1, 0.15) is 40.0 Å². The lowest BCUT2D eigenvalue weighted by Gasteiger charge is -2.49. The van der Waals surface area contributed by atoms with Crippen LogP contribution in [0.2, 0.25) is 0 Å². The molecule has 0 radical (unpaired) electrons. The van der Waals surface area contributed by atoms with Gasteiger partial charge in [-0.1, -0.05) is 0 Å². The van der Waals surface area contributed by atoms with E-state index in [0.717, 1.165) is 25.9 Å². The number of carbonyl (C=O) groups is 1. The van der Waals surface area contributed by atoms with Crippen molar-refractivity contribution < 1.29 is 9.53 Å². The van der Waals surface area contributed by atoms with Crippen LogP contribution in [0.5, 0.6) is 0 Å². The lowest BCUT2D eigenvalue weighted by atomic mass is 9.92. The molecule has 0 aliphatic carbocycles. The summed E-state index contributed by atoms with van der Waals surface area (Å²) in [5, 5.41) is 0. The van der Waals surface area contributed by atoms with E-state index in [1.165, 1.54) is 6.42 Å². The summed E-state index contributed by atoms with van der Waals surface area (Å²) in [5.41, 5.74) is -0.394. The second-order valence-corrected chi connectivity index (χ2v) is 6.35. The number of likely N-dealkylation sites (N-methyl/N-ethyl adjacent to an activating group) is 1. The molecule has 4 nitrogen and oxygen atoms in total. The van der Waals surface area contributed by atoms with Gasteiger partial charge in [0.15, 0.2) is 0 Å². The molecule has 0 spiro atoms. The van der Waals surface area contributed by atoms with Gasteiger partial charge in [0.2, 0.25) is 0 Å². The molecule has 0 aromatic heterocycles. The number of ether oxygens (including phenoxy) is 1. The van der Waals surface area contributed by atoms with Gasteiger partial charge in [-0.2, -0.15) is 0 Å². The van der Waals surface area contributed by atoms with Crippen LogP contribution in [0.15, 0.2) is 0 Å². The molecule has 0 aromatic carbocycles. The van der Waals surface area contributed by atoms with Crippen LogP contribution in [0.3, 0.4) is 0 Å². The van der Waals surface area contributed by atoms with Crippen molar-refractivity contribution in [3.8, 4) is 0 Å². The predicted octanol–water partition coefficient (Wildman–Crippen LogP) is 2.09. The van der Waals surface area contributed by atoms with E-state index >= 15 is 0 Å². The van der Waals surface area contributed by atoms with Crippen molar-refractivity contribution >= 4 is 6.09 Å². The van der Waals surface area contributed by atoms with Gasteiger partial charge in [0.1, 0.15) is 5.60 Å². The molecule has 2 heterocycles. The first-order chi connectivity index (χ1) is 7.87. The highest BCUT2D eigenvalue weighted by Gasteiger charge is 2.40. The lowest BCUT2D eigenvalue weighted by Crippen LogP contribution is -2.62. The summed E-state index contributed by atoms with van der Waals surface area (Å²) in [6.45, 7) is 7.75. The summed E-state index contributed by atoms with van der Waals surface area (Å²) in [6.07, 6.45) is 3.34. The minimum absolute atomic E-state index is 0.125. The van der Waals surface area contributed by atoms with Gasteiger partial charge in [-0.15, -0.1) is 0 Å². The molecular formula is C13H24N2O2. The third-order valence-corrected chi connectivity index (χ3v) is 3.51. The molecule has 2 fully saturated rings. The van der Waals surface area contributed by atoms with E-state index in [-0.39, 0.29) is 6.09 Å². The highest BCUT2D eigenvalue weighted by molar-refractivity contribution is 5.69. The van der Waals surface area contributed by atoms with E-state index in [1.54, 1.807) is 0 Å². The van der Waals surface area contributed by atoms with E-state index < -0.39 is 5.60 Å². The van der Waals surface area contributed by atoms with Gasteiger partial charge in [-0.25, -0.2) is 4.79 Å². The standard InChI is InChI=1S/C13H24N2O2/c1-13(2,3)17-12(16)15-10-6-5-7-11(15)9-14(4)8-10/h10-11H,5-9H2,1-4H3. The van der Waals surface area contributed by atoms with E-state index in [4.69, 9.17) is 4.74 Å². The number of fused-ring (bicyclic) bond motifs is 2. The molecule has 98 valence electrons. The third-order valence-electron chi connectivity index (χ3n) is 3.51. The number of rotatable bonds is 0. The SMILES string of the molecule is CN1CC2CCCC(C1)N2C(=O)OC(C)(C)C. The molecule has 0 N–H and O–H groups in total. The molecule has 2 atom stereocenters. The van der Waals surface area contributed by atoms with Gasteiger partial charge in [0.25, 0.3) is 0 Å². The molecule has 1 amide bonds. The Bertz CT molecular complexity index is 284. The molecule has 2 aliphatic rings. The molecule has 2 rings (SSSR count). The summed E-state index contributed by atoms with van der Waals surface area (Å²) in [7, 11) is 2.14. The van der Waals surface area contributed by atoms with Crippen LogP contribution in [0.4, 0.5) is 4.79 Å². The summed E-state index contributed by atoms with van der Waals surface area (Å²) in [4.78, 5) is 16.5. The average molecular weight is 240 g/mol. The van der Waals surface area contributed by atoms with Crippen LogP contribution in [-0.2, 0) is 4.74 Å². The number of hydrogen-bond acceptors (Lipinski definition) is 3. The van der Waals surface area contributed by atoms with Gasteiger partial charge >= 0.3 is 6.09 Å². The Labute approximate surface area is 104 Å². The van der Waals surface area contributed by atoms with Crippen molar-refractivity contribution in [2.45, 2.75) is 57.7 Å². The highest BCUT2D eigenvalue weighted by Crippen LogP contribution is 2.29. The first-order valence-corrected chi connectivity index (χ1v) is 6.57. The van der Waals surface area contributed by atoms with Crippen molar-refractivity contribution in [1.82, 2.24) is 9.80 Å². The molecule has 17 heavy (non-hydrogen) atoms. The molecular weight excluding hydrogens is 216 g/mol. The molecule has 2 bridgehead atoms. The third kappa shape index (κ3) is 2.92. The Kier molecular flexibility index (Phi) is 3.34. The number of carbonyl (C=O) groups excluding carboxylic acids is 1. The van der Waals surface area contributed by atoms with E-state index in [0.29, 0.717) is 12.1 Å². The highest BCUT2D eigenvalue weighted by atomic mass is 16.6. The first kappa shape index (κ1) is 12.7. The van der Waals surface area contributed by atoms with Crippen LogP contribution >= 0.6 is 0 Å². The number of piperidine rings is 1. The minimum Gasteiger partial charge on any atom is -0.444 e. The molecule has 2 aliphatic heterocycles. The Hall–Kier alpha value is -0.770. The summed E-state index contributed by atoms with van der Waals surface area (Å²) < 4.78 is 5.52. The summed E-state index contributed by atoms with van der Waals surface area (Å²) >= 11 is 0. The minimum atomic E-state index is -0.394. The zero-order chi connectivity index (χ0) is 12.6. The topological polar surface area (TPSA) is 32.8 Å². The van der Waals surface area contributed by atoms with Crippen molar-refractivity contribution in [3.63, 3.8) is 0 Å². The monoisotopic (exact) mass is 240 g/mol. The van der Waals surface area contributed by atoms with E-state index in [9.17, 15) is 4.79 Å². The van der Waals surface area contributed by atoms with Gasteiger partial charge < -0.3 is 9.64 Å². The fourth-order valence-electron chi connectivity index (χ4n) is 2.93. The second kappa shape index (κ2) is 4.48. The normalized spacial score (nSPS) is 30.2. The van der Waals surface area contributed by atoms with Gasteiger partial charge in [0.05, 0.1) is 0 Å². The van der Waals surface area contributed by atoms with E-state index in [2.05, 4.69) is 11.9 Å². The second-order valence-electron chi connectivity index (χ2n) is 6.35. The van der Waals surface area contributed by atoms with Gasteiger partial charge in [0, 0.05) is 25.2 Å². The zero-order valence-electron chi connectivity index (χ0n) is 11.4. The van der Waals surface area contributed by atoms with Gasteiger partial charge in [-0.3, -0.25) is 4.90 Å². The van der Waals surface area contributed by atoms with Crippen molar-refractivity contribution in [2.75, 3.05) is 20.1 Å². The molecule has 0 aromatic rings. The van der Waals surface area contributed by atoms with Crippen LogP contribution in [0, 0.1) is 0 Å². The maximum absolute atomic E-state index is 12.2. The predicted molar refractivity (Wildman–Crippen MR) is 67.0 cm³/mol. The lowest BCUT2D eigenvalue weighted by molar-refractivity contribution is -0.0328. The summed E-state index contributed by atoms with van der Waals surface area (Å²) in [6, 6.07) is 0.699. The Morgan fingerprint density at radius 2 is 1.71 bits per heavy atom. The van der Waals surface area contributed by atoms with Crippen LogP contribution in [-0.4, -0.2) is 53.7 Å². The fraction of sp³-hybridized carbons (Fsp3) is 0.923. The molecule has 2 saturated heterocycles. The molecule has 4 heteroatoms. The number of nitrogens with zero attached hydrogens (tertiary/aromatic N) is 2. The quantitative estimate of drug-likeness (QED) is 0.650. The Morgan fingerprint density at radius 3 is 2.18 bits per heavy atom. The fourth-order valence-corrected chi connectivity index (χ4v) is 2.93. The van der Waals surface area contributed by atoms with Crippen molar-refractivity contribution in [2.24, 2.45) is 0 Å².